The largest absolute Gasteiger partial charge is 0.416 e. The van der Waals surface area contributed by atoms with Crippen molar-refractivity contribution in [1.82, 2.24) is 0 Å². The van der Waals surface area contributed by atoms with E-state index in [4.69, 9.17) is 0 Å². The molecule has 31 heavy (non-hydrogen) atoms. The number of thiophene rings is 1. The molecule has 0 radical (unpaired) electrons. The third-order valence-corrected chi connectivity index (χ3v) is 6.84. The molecule has 3 nitrogen and oxygen atoms in total. The number of Topliss-reactive ketones (excluding diaryl/α,β-unsaturated/α-hetero) is 1. The summed E-state index contributed by atoms with van der Waals surface area (Å²) in [5, 5.41) is 8.73. The number of nitrogens with one attached hydrogen (secondary N) is 2. The van der Waals surface area contributed by atoms with Gasteiger partial charge in [-0.1, -0.05) is 30.3 Å². The Hall–Kier alpha value is -3.06. The highest BCUT2D eigenvalue weighted by Crippen LogP contribution is 2.45. The fraction of sp³-hybridized carbons (Fsp3) is 0.208. The molecule has 2 aliphatic rings. The van der Waals surface area contributed by atoms with Gasteiger partial charge in [-0.15, -0.1) is 11.3 Å². The topological polar surface area (TPSA) is 41.1 Å². The first-order valence-corrected chi connectivity index (χ1v) is 10.9. The first kappa shape index (κ1) is 19.9. The van der Waals surface area contributed by atoms with Crippen LogP contribution in [0.2, 0.25) is 0 Å². The van der Waals surface area contributed by atoms with Gasteiger partial charge >= 0.3 is 6.18 Å². The van der Waals surface area contributed by atoms with Gasteiger partial charge < -0.3 is 10.6 Å². The number of carbonyl (C=O) groups is 1. The van der Waals surface area contributed by atoms with E-state index in [1.54, 1.807) is 17.4 Å². The van der Waals surface area contributed by atoms with Crippen LogP contribution in [0.4, 0.5) is 24.5 Å². The van der Waals surface area contributed by atoms with E-state index in [1.165, 1.54) is 6.07 Å². The van der Waals surface area contributed by atoms with E-state index in [-0.39, 0.29) is 11.7 Å². The Bertz CT molecular complexity index is 1170. The summed E-state index contributed by atoms with van der Waals surface area (Å²) in [7, 11) is 0. The predicted molar refractivity (Wildman–Crippen MR) is 116 cm³/mol. The number of allylic oxidation sites excluding steroid dienone is 1. The fourth-order valence-corrected chi connectivity index (χ4v) is 5.19. The number of fused-ring (bicyclic) bond motifs is 1. The Morgan fingerprint density at radius 2 is 1.74 bits per heavy atom. The molecule has 3 aromatic rings. The first-order valence-electron chi connectivity index (χ1n) is 9.99. The molecule has 2 N–H and O–H groups in total. The van der Waals surface area contributed by atoms with Crippen molar-refractivity contribution in [2.45, 2.75) is 31.0 Å². The predicted octanol–water partition coefficient (Wildman–Crippen LogP) is 6.75. The number of rotatable bonds is 2. The summed E-state index contributed by atoms with van der Waals surface area (Å²) in [4.78, 5) is 14.5. The first-order chi connectivity index (χ1) is 14.9. The van der Waals surface area contributed by atoms with Crippen molar-refractivity contribution in [1.29, 1.82) is 0 Å². The fourth-order valence-electron chi connectivity index (χ4n) is 4.36. The summed E-state index contributed by atoms with van der Waals surface area (Å²) in [5.41, 5.74) is 2.55. The van der Waals surface area contributed by atoms with Crippen molar-refractivity contribution in [3.8, 4) is 0 Å². The smallest absolute Gasteiger partial charge is 0.372 e. The van der Waals surface area contributed by atoms with E-state index < -0.39 is 17.8 Å². The van der Waals surface area contributed by atoms with Gasteiger partial charge in [-0.3, -0.25) is 4.79 Å². The van der Waals surface area contributed by atoms with E-state index >= 15 is 0 Å². The highest BCUT2D eigenvalue weighted by Gasteiger charge is 2.37. The van der Waals surface area contributed by atoms with Crippen LogP contribution in [-0.4, -0.2) is 5.78 Å². The molecule has 2 aromatic carbocycles. The minimum absolute atomic E-state index is 0.0464. The molecule has 158 valence electrons. The quantitative estimate of drug-likeness (QED) is 0.463. The minimum atomic E-state index is -4.45. The van der Waals surface area contributed by atoms with Gasteiger partial charge in [0.1, 0.15) is 0 Å². The zero-order valence-corrected chi connectivity index (χ0v) is 17.2. The standard InChI is InChI=1S/C24H19F3N2OS/c25-24(26,27)16-6-3-5-14(11-16)23-22-19(28-17-7-1-2-8-18(17)29-23)12-15(13-20(22)30)21-9-4-10-31-21/h1-11,15,23,28-29H,12-13H2/t15-,23-/m0/s1. The molecule has 5 rings (SSSR count). The number of para-hydroxylation sites is 2. The average Bonchev–Trinajstić information content (AvgIpc) is 3.22. The Morgan fingerprint density at radius 1 is 0.935 bits per heavy atom. The number of hydrogen-bond donors (Lipinski definition) is 2. The molecule has 0 saturated heterocycles. The SMILES string of the molecule is O=C1C[C@@H](c2cccs2)CC2=C1[C@H](c1cccc(C(F)(F)F)c1)Nc1ccccc1N2. The van der Waals surface area contributed by atoms with Gasteiger partial charge in [0.2, 0.25) is 0 Å². The Labute approximate surface area is 181 Å². The normalized spacial score (nSPS) is 20.9. The van der Waals surface area contributed by atoms with Crippen molar-refractivity contribution >= 4 is 28.5 Å². The highest BCUT2D eigenvalue weighted by atomic mass is 32.1. The van der Waals surface area contributed by atoms with Gasteiger partial charge in [0, 0.05) is 28.5 Å². The van der Waals surface area contributed by atoms with Gasteiger partial charge in [0.15, 0.2) is 5.78 Å². The lowest BCUT2D eigenvalue weighted by Gasteiger charge is -2.29. The monoisotopic (exact) mass is 440 g/mol. The third-order valence-electron chi connectivity index (χ3n) is 5.80. The molecule has 7 heteroatoms. The summed E-state index contributed by atoms with van der Waals surface area (Å²) in [6, 6.07) is 16.1. The molecule has 1 aliphatic carbocycles. The average molecular weight is 440 g/mol. The summed E-state index contributed by atoms with van der Waals surface area (Å²) < 4.78 is 40.1. The molecule has 1 aromatic heterocycles. The number of carbonyl (C=O) groups excluding carboxylic acids is 1. The molecule has 0 amide bonds. The maximum Gasteiger partial charge on any atom is 0.416 e. The van der Waals surface area contributed by atoms with Crippen molar-refractivity contribution in [2.75, 3.05) is 10.6 Å². The molecule has 0 fully saturated rings. The molecular weight excluding hydrogens is 421 g/mol. The van der Waals surface area contributed by atoms with Crippen LogP contribution in [0.5, 0.6) is 0 Å². The second-order valence-corrected chi connectivity index (χ2v) is 8.79. The lowest BCUT2D eigenvalue weighted by Crippen LogP contribution is -2.26. The minimum Gasteiger partial charge on any atom is -0.372 e. The van der Waals surface area contributed by atoms with Gasteiger partial charge in [0.25, 0.3) is 0 Å². The molecular formula is C24H19F3N2OS. The maximum absolute atomic E-state index is 13.4. The number of anilines is 2. The van der Waals surface area contributed by atoms with E-state index in [1.807, 2.05) is 41.8 Å². The van der Waals surface area contributed by atoms with Gasteiger partial charge in [-0.2, -0.15) is 13.2 Å². The Balaban J connectivity index is 1.63. The van der Waals surface area contributed by atoms with Crippen LogP contribution in [0.15, 0.2) is 77.3 Å². The lowest BCUT2D eigenvalue weighted by atomic mass is 9.80. The molecule has 1 aliphatic heterocycles. The van der Waals surface area contributed by atoms with Crippen molar-refractivity contribution < 1.29 is 18.0 Å². The summed E-state index contributed by atoms with van der Waals surface area (Å²) in [5.74, 6) is 0.0149. The van der Waals surface area contributed by atoms with Gasteiger partial charge in [-0.05, 0) is 47.7 Å². The zero-order valence-electron chi connectivity index (χ0n) is 16.4. The van der Waals surface area contributed by atoms with Crippen LogP contribution in [0, 0.1) is 0 Å². The van der Waals surface area contributed by atoms with Crippen LogP contribution in [0.3, 0.4) is 0 Å². The van der Waals surface area contributed by atoms with Crippen LogP contribution in [-0.2, 0) is 11.0 Å². The lowest BCUT2D eigenvalue weighted by molar-refractivity contribution is -0.137. The van der Waals surface area contributed by atoms with Crippen LogP contribution >= 0.6 is 11.3 Å². The number of ketones is 1. The number of alkyl halides is 3. The molecule has 0 bridgehead atoms. The Morgan fingerprint density at radius 3 is 2.48 bits per heavy atom. The second-order valence-electron chi connectivity index (χ2n) is 7.81. The van der Waals surface area contributed by atoms with E-state index in [2.05, 4.69) is 10.6 Å². The molecule has 0 saturated carbocycles. The zero-order chi connectivity index (χ0) is 21.6. The van der Waals surface area contributed by atoms with E-state index in [9.17, 15) is 18.0 Å². The second kappa shape index (κ2) is 7.57. The third kappa shape index (κ3) is 3.74. The number of halogens is 3. The van der Waals surface area contributed by atoms with E-state index in [0.29, 0.717) is 24.0 Å². The number of benzene rings is 2. The molecule has 0 unspecified atom stereocenters. The Kier molecular flexibility index (Phi) is 4.85. The van der Waals surface area contributed by atoms with Crippen molar-refractivity contribution in [3.05, 3.63) is 93.3 Å². The molecule has 2 heterocycles. The molecule has 0 spiro atoms. The van der Waals surface area contributed by atoms with E-state index in [0.717, 1.165) is 34.1 Å². The van der Waals surface area contributed by atoms with Gasteiger partial charge in [0.05, 0.1) is 23.0 Å². The van der Waals surface area contributed by atoms with Crippen molar-refractivity contribution in [2.24, 2.45) is 0 Å². The highest BCUT2D eigenvalue weighted by molar-refractivity contribution is 7.10. The maximum atomic E-state index is 13.4. The van der Waals surface area contributed by atoms with Crippen molar-refractivity contribution in [3.63, 3.8) is 0 Å². The number of hydrogen-bond acceptors (Lipinski definition) is 4. The summed E-state index contributed by atoms with van der Waals surface area (Å²) >= 11 is 1.62. The van der Waals surface area contributed by atoms with Gasteiger partial charge in [-0.25, -0.2) is 0 Å². The summed E-state index contributed by atoms with van der Waals surface area (Å²) in [6.45, 7) is 0. The van der Waals surface area contributed by atoms with Crippen LogP contribution < -0.4 is 10.6 Å². The summed E-state index contributed by atoms with van der Waals surface area (Å²) in [6.07, 6.45) is -3.48. The van der Waals surface area contributed by atoms with Crippen LogP contribution in [0.25, 0.3) is 0 Å². The molecule has 2 atom stereocenters. The van der Waals surface area contributed by atoms with Crippen LogP contribution in [0.1, 0.15) is 40.8 Å².